The van der Waals surface area contributed by atoms with Gasteiger partial charge in [-0.15, -0.1) is 0 Å². The Morgan fingerprint density at radius 2 is 1.35 bits per heavy atom. The van der Waals surface area contributed by atoms with Gasteiger partial charge in [-0.1, -0.05) is 86.0 Å². The third-order valence-corrected chi connectivity index (χ3v) is 4.41. The molecular weight excluding hydrogens is 204 g/mol. The summed E-state index contributed by atoms with van der Waals surface area (Å²) in [5.41, 5.74) is 0. The van der Waals surface area contributed by atoms with Crippen LogP contribution in [0.3, 0.4) is 0 Å². The summed E-state index contributed by atoms with van der Waals surface area (Å²) in [6, 6.07) is 0. The van der Waals surface area contributed by atoms with Crippen LogP contribution >= 0.6 is 0 Å². The first-order valence-corrected chi connectivity index (χ1v) is 8.21. The van der Waals surface area contributed by atoms with E-state index in [4.69, 9.17) is 0 Å². The van der Waals surface area contributed by atoms with Crippen molar-refractivity contribution in [2.24, 2.45) is 17.8 Å². The lowest BCUT2D eigenvalue weighted by Crippen LogP contribution is -2.21. The van der Waals surface area contributed by atoms with Gasteiger partial charge >= 0.3 is 0 Å². The summed E-state index contributed by atoms with van der Waals surface area (Å²) in [5, 5.41) is 0. The van der Waals surface area contributed by atoms with Crippen molar-refractivity contribution < 1.29 is 0 Å². The summed E-state index contributed by atoms with van der Waals surface area (Å²) < 4.78 is 0. The average molecular weight is 240 g/mol. The van der Waals surface area contributed by atoms with Crippen LogP contribution in [0, 0.1) is 17.8 Å². The smallest absolute Gasteiger partial charge is 0.0360 e. The maximum Gasteiger partial charge on any atom is -0.0360 e. The lowest BCUT2D eigenvalue weighted by molar-refractivity contribution is 0.191. The van der Waals surface area contributed by atoms with Gasteiger partial charge in [0.15, 0.2) is 0 Å². The van der Waals surface area contributed by atoms with E-state index in [0.717, 1.165) is 17.8 Å². The van der Waals surface area contributed by atoms with Crippen molar-refractivity contribution in [1.82, 2.24) is 0 Å². The van der Waals surface area contributed by atoms with Gasteiger partial charge in [-0.25, -0.2) is 0 Å². The van der Waals surface area contributed by atoms with Crippen LogP contribution in [0.25, 0.3) is 0 Å². The number of rotatable bonds is 11. The molecule has 0 saturated heterocycles. The van der Waals surface area contributed by atoms with Gasteiger partial charge in [0.2, 0.25) is 0 Å². The molecule has 0 aliphatic heterocycles. The molecule has 0 amide bonds. The Labute approximate surface area is 111 Å². The first-order chi connectivity index (χ1) is 8.21. The molecule has 0 aromatic heterocycles. The van der Waals surface area contributed by atoms with Gasteiger partial charge in [0, 0.05) is 0 Å². The van der Waals surface area contributed by atoms with E-state index in [1.807, 2.05) is 0 Å². The average Bonchev–Trinajstić information content (AvgIpc) is 2.33. The summed E-state index contributed by atoms with van der Waals surface area (Å²) in [4.78, 5) is 0. The first-order valence-electron chi connectivity index (χ1n) is 8.21. The fourth-order valence-corrected chi connectivity index (χ4v) is 3.38. The second-order valence-corrected chi connectivity index (χ2v) is 5.88. The molecule has 0 aromatic rings. The van der Waals surface area contributed by atoms with E-state index < -0.39 is 0 Å². The topological polar surface area (TPSA) is 0 Å². The highest BCUT2D eigenvalue weighted by molar-refractivity contribution is 4.74. The zero-order valence-electron chi connectivity index (χ0n) is 13.1. The van der Waals surface area contributed by atoms with E-state index in [2.05, 4.69) is 34.6 Å². The van der Waals surface area contributed by atoms with E-state index >= 15 is 0 Å². The molecule has 0 saturated carbocycles. The predicted molar refractivity (Wildman–Crippen MR) is 80.4 cm³/mol. The van der Waals surface area contributed by atoms with E-state index in [1.165, 1.54) is 57.8 Å². The van der Waals surface area contributed by atoms with Gasteiger partial charge in [-0.3, -0.25) is 0 Å². The molecule has 17 heavy (non-hydrogen) atoms. The highest BCUT2D eigenvalue weighted by atomic mass is 14.3. The minimum atomic E-state index is 0.938. The number of unbranched alkanes of at least 4 members (excludes halogenated alkanes) is 2. The minimum Gasteiger partial charge on any atom is -0.0654 e. The van der Waals surface area contributed by atoms with Gasteiger partial charge in [0.25, 0.3) is 0 Å². The molecule has 0 heterocycles. The Kier molecular flexibility index (Phi) is 11.1. The van der Waals surface area contributed by atoms with Gasteiger partial charge < -0.3 is 0 Å². The predicted octanol–water partition coefficient (Wildman–Crippen LogP) is 6.45. The van der Waals surface area contributed by atoms with Crippen molar-refractivity contribution in [3.8, 4) is 0 Å². The van der Waals surface area contributed by atoms with E-state index in [9.17, 15) is 0 Å². The van der Waals surface area contributed by atoms with Crippen LogP contribution < -0.4 is 0 Å². The summed E-state index contributed by atoms with van der Waals surface area (Å²) in [6.45, 7) is 11.9. The van der Waals surface area contributed by atoms with Crippen LogP contribution in [-0.4, -0.2) is 0 Å². The zero-order chi connectivity index (χ0) is 13.1. The Morgan fingerprint density at radius 1 is 0.706 bits per heavy atom. The van der Waals surface area contributed by atoms with Crippen LogP contribution in [-0.2, 0) is 0 Å². The normalized spacial score (nSPS) is 16.8. The summed E-state index contributed by atoms with van der Waals surface area (Å²) in [6.07, 6.45) is 12.7. The molecule has 0 aliphatic rings. The van der Waals surface area contributed by atoms with Crippen LogP contribution in [0.2, 0.25) is 0 Å². The van der Waals surface area contributed by atoms with Crippen molar-refractivity contribution in [3.05, 3.63) is 0 Å². The lowest BCUT2D eigenvalue weighted by atomic mass is 9.74. The Hall–Kier alpha value is 0. The van der Waals surface area contributed by atoms with Gasteiger partial charge in [0.1, 0.15) is 0 Å². The van der Waals surface area contributed by atoms with Crippen molar-refractivity contribution in [2.45, 2.75) is 92.4 Å². The SMILES string of the molecule is CCCCCC(C(C)CCC)C(CC)CCC. The third-order valence-electron chi connectivity index (χ3n) is 4.41. The molecule has 0 aliphatic carbocycles. The second-order valence-electron chi connectivity index (χ2n) is 5.88. The molecule has 3 atom stereocenters. The Morgan fingerprint density at radius 3 is 1.82 bits per heavy atom. The van der Waals surface area contributed by atoms with E-state index in [0.29, 0.717) is 0 Å². The molecule has 0 bridgehead atoms. The molecule has 0 spiro atoms. The fourth-order valence-electron chi connectivity index (χ4n) is 3.38. The molecule has 0 radical (unpaired) electrons. The fraction of sp³-hybridized carbons (Fsp3) is 1.00. The van der Waals surface area contributed by atoms with Crippen molar-refractivity contribution in [3.63, 3.8) is 0 Å². The molecule has 0 N–H and O–H groups in total. The molecule has 0 rings (SSSR count). The molecular formula is C17H36. The number of hydrogen-bond acceptors (Lipinski definition) is 0. The summed E-state index contributed by atoms with van der Waals surface area (Å²) in [7, 11) is 0. The maximum atomic E-state index is 2.50. The van der Waals surface area contributed by atoms with Gasteiger partial charge in [0.05, 0.1) is 0 Å². The first kappa shape index (κ1) is 17.0. The molecule has 104 valence electrons. The zero-order valence-corrected chi connectivity index (χ0v) is 13.1. The highest BCUT2D eigenvalue weighted by Crippen LogP contribution is 2.34. The van der Waals surface area contributed by atoms with Gasteiger partial charge in [-0.05, 0) is 24.2 Å². The van der Waals surface area contributed by atoms with Gasteiger partial charge in [-0.2, -0.15) is 0 Å². The largest absolute Gasteiger partial charge is 0.0654 e. The second kappa shape index (κ2) is 11.1. The van der Waals surface area contributed by atoms with Crippen LogP contribution in [0.15, 0.2) is 0 Å². The summed E-state index contributed by atoms with van der Waals surface area (Å²) >= 11 is 0. The molecule has 0 heteroatoms. The van der Waals surface area contributed by atoms with E-state index in [1.54, 1.807) is 0 Å². The standard InChI is InChI=1S/C17H36/c1-6-10-11-14-17(15(5)12-7-2)16(9-4)13-8-3/h15-17H,6-14H2,1-5H3. The van der Waals surface area contributed by atoms with Crippen molar-refractivity contribution in [2.75, 3.05) is 0 Å². The number of hydrogen-bond donors (Lipinski definition) is 0. The Bertz CT molecular complexity index is 150. The van der Waals surface area contributed by atoms with E-state index in [-0.39, 0.29) is 0 Å². The lowest BCUT2D eigenvalue weighted by Gasteiger charge is -2.31. The minimum absolute atomic E-state index is 0.938. The maximum absolute atomic E-state index is 2.50. The quantitative estimate of drug-likeness (QED) is 0.364. The van der Waals surface area contributed by atoms with Crippen molar-refractivity contribution >= 4 is 0 Å². The van der Waals surface area contributed by atoms with Crippen molar-refractivity contribution in [1.29, 1.82) is 0 Å². The highest BCUT2D eigenvalue weighted by Gasteiger charge is 2.23. The van der Waals surface area contributed by atoms with Crippen LogP contribution in [0.4, 0.5) is 0 Å². The third kappa shape index (κ3) is 7.11. The molecule has 0 fully saturated rings. The molecule has 0 aromatic carbocycles. The van der Waals surface area contributed by atoms with Crippen LogP contribution in [0.1, 0.15) is 92.4 Å². The monoisotopic (exact) mass is 240 g/mol. The Balaban J connectivity index is 4.33. The van der Waals surface area contributed by atoms with Crippen LogP contribution in [0.5, 0.6) is 0 Å². The molecule has 0 nitrogen and oxygen atoms in total. The molecule has 3 unspecified atom stereocenters. The summed E-state index contributed by atoms with van der Waals surface area (Å²) in [5.74, 6) is 2.92.